The van der Waals surface area contributed by atoms with Gasteiger partial charge in [0.2, 0.25) is 0 Å². The SMILES string of the molecule is CC1(C)c2ccccc2-c2ccc(-c3c4ccccc4c(-c4ccc5cc(-c6cccc7ccccc67)ccc5c4)c4ccc(-c5cccc6ccccc56)cc34)cc21. The second kappa shape index (κ2) is 12.9. The number of hydrogen-bond acceptors (Lipinski definition) is 0. The summed E-state index contributed by atoms with van der Waals surface area (Å²) in [5, 5.41) is 12.6. The van der Waals surface area contributed by atoms with Gasteiger partial charge < -0.3 is 0 Å². The normalized spacial score (nSPS) is 13.1. The Morgan fingerprint density at radius 3 is 1.39 bits per heavy atom. The fraction of sp³-hybridized carbons (Fsp3) is 0.0508. The van der Waals surface area contributed by atoms with Crippen LogP contribution in [0.5, 0.6) is 0 Å². The molecule has 12 rings (SSSR count). The van der Waals surface area contributed by atoms with Gasteiger partial charge in [-0.15, -0.1) is 0 Å². The Hall–Kier alpha value is -7.28. The van der Waals surface area contributed by atoms with E-state index in [0.717, 1.165) is 0 Å². The summed E-state index contributed by atoms with van der Waals surface area (Å²) in [6.45, 7) is 4.76. The average Bonchev–Trinajstić information content (AvgIpc) is 3.52. The lowest BCUT2D eigenvalue weighted by molar-refractivity contribution is 0.660. The van der Waals surface area contributed by atoms with Crippen molar-refractivity contribution in [2.24, 2.45) is 0 Å². The molecule has 0 saturated heterocycles. The third-order valence-corrected chi connectivity index (χ3v) is 13.2. The number of hydrogen-bond donors (Lipinski definition) is 0. The molecule has 11 aromatic carbocycles. The van der Waals surface area contributed by atoms with Gasteiger partial charge in [0.25, 0.3) is 0 Å². The van der Waals surface area contributed by atoms with Gasteiger partial charge in [0.1, 0.15) is 0 Å². The molecular weight excluding hydrogens is 709 g/mol. The summed E-state index contributed by atoms with van der Waals surface area (Å²) < 4.78 is 0. The lowest BCUT2D eigenvalue weighted by Gasteiger charge is -2.23. The molecule has 0 atom stereocenters. The highest BCUT2D eigenvalue weighted by Gasteiger charge is 2.35. The Bertz CT molecular complexity index is 3520. The summed E-state index contributed by atoms with van der Waals surface area (Å²) in [4.78, 5) is 0. The lowest BCUT2D eigenvalue weighted by atomic mass is 9.80. The largest absolute Gasteiger partial charge is 0.0619 e. The first-order valence-electron chi connectivity index (χ1n) is 20.7. The molecule has 0 bridgehead atoms. The van der Waals surface area contributed by atoms with Gasteiger partial charge in [0.05, 0.1) is 0 Å². The molecule has 0 nitrogen and oxygen atoms in total. The first kappa shape index (κ1) is 33.8. The monoisotopic (exact) mass is 748 g/mol. The molecule has 0 amide bonds. The zero-order valence-electron chi connectivity index (χ0n) is 33.1. The van der Waals surface area contributed by atoms with Gasteiger partial charge in [-0.2, -0.15) is 0 Å². The van der Waals surface area contributed by atoms with E-state index in [1.807, 2.05) is 0 Å². The van der Waals surface area contributed by atoms with Gasteiger partial charge in [-0.25, -0.2) is 0 Å². The van der Waals surface area contributed by atoms with E-state index in [4.69, 9.17) is 0 Å². The molecule has 0 N–H and O–H groups in total. The first-order valence-corrected chi connectivity index (χ1v) is 20.7. The molecule has 276 valence electrons. The molecule has 0 fully saturated rings. The quantitative estimate of drug-likeness (QED) is 0.157. The van der Waals surface area contributed by atoms with Crippen LogP contribution in [0.3, 0.4) is 0 Å². The maximum absolute atomic E-state index is 2.49. The second-order valence-corrected chi connectivity index (χ2v) is 16.8. The minimum atomic E-state index is -0.0971. The predicted molar refractivity (Wildman–Crippen MR) is 253 cm³/mol. The van der Waals surface area contributed by atoms with Crippen LogP contribution in [-0.4, -0.2) is 0 Å². The van der Waals surface area contributed by atoms with Crippen molar-refractivity contribution in [1.29, 1.82) is 0 Å². The molecule has 0 unspecified atom stereocenters. The fourth-order valence-electron chi connectivity index (χ4n) is 10.4. The summed E-state index contributed by atoms with van der Waals surface area (Å²) in [6, 6.07) is 77.1. The molecule has 1 aliphatic carbocycles. The van der Waals surface area contributed by atoms with Crippen LogP contribution in [-0.2, 0) is 5.41 Å². The topological polar surface area (TPSA) is 0 Å². The van der Waals surface area contributed by atoms with Gasteiger partial charge in [-0.1, -0.05) is 196 Å². The zero-order chi connectivity index (χ0) is 39.2. The predicted octanol–water partition coefficient (Wildman–Crippen LogP) is 16.4. The van der Waals surface area contributed by atoms with Crippen LogP contribution < -0.4 is 0 Å². The minimum Gasteiger partial charge on any atom is -0.0619 e. The van der Waals surface area contributed by atoms with E-state index >= 15 is 0 Å². The smallest absolute Gasteiger partial charge is 0.0159 e. The Morgan fingerprint density at radius 2 is 0.695 bits per heavy atom. The highest BCUT2D eigenvalue weighted by atomic mass is 14.4. The third kappa shape index (κ3) is 5.16. The third-order valence-electron chi connectivity index (χ3n) is 13.2. The Morgan fingerprint density at radius 1 is 0.254 bits per heavy atom. The van der Waals surface area contributed by atoms with Gasteiger partial charge in [0, 0.05) is 5.41 Å². The van der Waals surface area contributed by atoms with Crippen LogP contribution in [0.2, 0.25) is 0 Å². The van der Waals surface area contributed by atoms with Crippen LogP contribution >= 0.6 is 0 Å². The summed E-state index contributed by atoms with van der Waals surface area (Å²) >= 11 is 0. The molecule has 0 heteroatoms. The van der Waals surface area contributed by atoms with E-state index in [2.05, 4.69) is 220 Å². The van der Waals surface area contributed by atoms with E-state index in [1.165, 1.54) is 121 Å². The van der Waals surface area contributed by atoms with Gasteiger partial charge >= 0.3 is 0 Å². The van der Waals surface area contributed by atoms with E-state index in [9.17, 15) is 0 Å². The van der Waals surface area contributed by atoms with E-state index < -0.39 is 0 Å². The Balaban J connectivity index is 1.10. The van der Waals surface area contributed by atoms with Crippen molar-refractivity contribution in [3.63, 3.8) is 0 Å². The molecule has 1 aliphatic rings. The van der Waals surface area contributed by atoms with Crippen molar-refractivity contribution in [3.05, 3.63) is 217 Å². The molecular formula is C59H40. The van der Waals surface area contributed by atoms with Crippen molar-refractivity contribution in [3.8, 4) is 55.6 Å². The average molecular weight is 749 g/mol. The lowest BCUT2D eigenvalue weighted by Crippen LogP contribution is -2.14. The Kier molecular flexibility index (Phi) is 7.38. The number of benzene rings is 11. The van der Waals surface area contributed by atoms with Gasteiger partial charge in [0.15, 0.2) is 0 Å². The van der Waals surface area contributed by atoms with Gasteiger partial charge in [-0.05, 0) is 145 Å². The summed E-state index contributed by atoms with van der Waals surface area (Å²) in [7, 11) is 0. The van der Waals surface area contributed by atoms with Crippen molar-refractivity contribution in [1.82, 2.24) is 0 Å². The first-order chi connectivity index (χ1) is 29.0. The van der Waals surface area contributed by atoms with Crippen LogP contribution in [0.1, 0.15) is 25.0 Å². The van der Waals surface area contributed by atoms with Crippen molar-refractivity contribution >= 4 is 53.9 Å². The van der Waals surface area contributed by atoms with E-state index in [1.54, 1.807) is 0 Å². The van der Waals surface area contributed by atoms with E-state index in [-0.39, 0.29) is 5.41 Å². The fourth-order valence-corrected chi connectivity index (χ4v) is 10.4. The number of rotatable bonds is 4. The summed E-state index contributed by atoms with van der Waals surface area (Å²) in [5.74, 6) is 0. The highest BCUT2D eigenvalue weighted by molar-refractivity contribution is 6.22. The maximum atomic E-state index is 2.49. The molecule has 11 aromatic rings. The van der Waals surface area contributed by atoms with Crippen molar-refractivity contribution in [2.75, 3.05) is 0 Å². The van der Waals surface area contributed by atoms with Crippen LogP contribution in [0.25, 0.3) is 109 Å². The molecule has 0 spiro atoms. The van der Waals surface area contributed by atoms with E-state index in [0.29, 0.717) is 0 Å². The number of fused-ring (bicyclic) bond motifs is 8. The highest BCUT2D eigenvalue weighted by Crippen LogP contribution is 2.52. The molecule has 0 aliphatic heterocycles. The zero-order valence-corrected chi connectivity index (χ0v) is 33.1. The van der Waals surface area contributed by atoms with Crippen LogP contribution in [0.15, 0.2) is 206 Å². The molecule has 0 saturated carbocycles. The minimum absolute atomic E-state index is 0.0971. The second-order valence-electron chi connectivity index (χ2n) is 16.8. The summed E-state index contributed by atoms with van der Waals surface area (Å²) in [6.07, 6.45) is 0. The molecule has 0 aromatic heterocycles. The van der Waals surface area contributed by atoms with Crippen molar-refractivity contribution < 1.29 is 0 Å². The standard InChI is InChI=1S/C59H40/c1-59(2)55-24-10-9-19-49(55)50-31-30-44(36-56(50)59)58-52-21-8-7-20-51(52)57(53-32-29-42(35-54(53)58)48-23-12-16-38-14-4-6-18-46(38)48)43-28-26-39-33-41(27-25-40(39)34-43)47-22-11-15-37-13-3-5-17-45(37)47/h3-36H,1-2H3. The van der Waals surface area contributed by atoms with Crippen LogP contribution in [0.4, 0.5) is 0 Å². The maximum Gasteiger partial charge on any atom is 0.0159 e. The molecule has 59 heavy (non-hydrogen) atoms. The van der Waals surface area contributed by atoms with Crippen LogP contribution in [0, 0.1) is 0 Å². The Labute approximate surface area is 344 Å². The van der Waals surface area contributed by atoms with Gasteiger partial charge in [-0.3, -0.25) is 0 Å². The summed E-state index contributed by atoms with van der Waals surface area (Å²) in [5.41, 5.74) is 15.4. The molecule has 0 heterocycles. The molecule has 0 radical (unpaired) electrons. The van der Waals surface area contributed by atoms with Crippen molar-refractivity contribution in [2.45, 2.75) is 19.3 Å².